The Hall–Kier alpha value is -4.11. The number of nitrogens with two attached hydrogens (primary N) is 1. The van der Waals surface area contributed by atoms with Crippen molar-refractivity contribution >= 4 is 22.7 Å². The lowest BCUT2D eigenvalue weighted by Crippen LogP contribution is -2.51. The van der Waals surface area contributed by atoms with Crippen molar-refractivity contribution in [3.63, 3.8) is 0 Å². The molecule has 2 aromatic carbocycles. The molecule has 4 N–H and O–H groups in total. The first-order chi connectivity index (χ1) is 17.0. The van der Waals surface area contributed by atoms with E-state index in [9.17, 15) is 14.0 Å². The number of carbonyl (C=O) groups is 2. The van der Waals surface area contributed by atoms with Crippen LogP contribution in [0.25, 0.3) is 22.2 Å². The topological polar surface area (TPSA) is 117 Å². The van der Waals surface area contributed by atoms with Crippen molar-refractivity contribution in [3.8, 4) is 11.3 Å². The van der Waals surface area contributed by atoms with Gasteiger partial charge in [-0.2, -0.15) is 5.10 Å². The van der Waals surface area contributed by atoms with E-state index in [0.717, 1.165) is 35.0 Å². The minimum Gasteiger partial charge on any atom is -0.368 e. The number of halogens is 1. The molecule has 1 saturated heterocycles. The summed E-state index contributed by atoms with van der Waals surface area (Å²) in [6.07, 6.45) is 4.89. The Labute approximate surface area is 201 Å². The van der Waals surface area contributed by atoms with E-state index in [0.29, 0.717) is 18.7 Å². The SMILES string of the molecule is NC(=O)C(c1ccccc1F)N1CCC[C@@H](NC(=O)c2ccc3[nH]nc(-c4ccncc4)c3c2)C1. The minimum atomic E-state index is -0.888. The van der Waals surface area contributed by atoms with Crippen LogP contribution in [0.3, 0.4) is 0 Å². The molecule has 3 heterocycles. The molecular weight excluding hydrogens is 447 g/mol. The molecule has 35 heavy (non-hydrogen) atoms. The Morgan fingerprint density at radius 1 is 1.14 bits per heavy atom. The van der Waals surface area contributed by atoms with Gasteiger partial charge in [-0.05, 0) is 55.8 Å². The minimum absolute atomic E-state index is 0.204. The highest BCUT2D eigenvalue weighted by Gasteiger charge is 2.32. The fraction of sp³-hybridized carbons (Fsp3) is 0.231. The molecule has 2 atom stereocenters. The highest BCUT2D eigenvalue weighted by molar-refractivity contribution is 6.01. The van der Waals surface area contributed by atoms with Gasteiger partial charge >= 0.3 is 0 Å². The first kappa shape index (κ1) is 22.7. The van der Waals surface area contributed by atoms with Gasteiger partial charge in [0.15, 0.2) is 0 Å². The van der Waals surface area contributed by atoms with E-state index in [1.165, 1.54) is 6.07 Å². The van der Waals surface area contributed by atoms with Crippen LogP contribution in [0.5, 0.6) is 0 Å². The largest absolute Gasteiger partial charge is 0.368 e. The molecule has 1 aliphatic rings. The second-order valence-corrected chi connectivity index (χ2v) is 8.70. The second-order valence-electron chi connectivity index (χ2n) is 8.70. The normalized spacial score (nSPS) is 17.2. The van der Waals surface area contributed by atoms with E-state index in [1.54, 1.807) is 36.7 Å². The summed E-state index contributed by atoms with van der Waals surface area (Å²) in [5.41, 5.74) is 8.89. The van der Waals surface area contributed by atoms with Crippen LogP contribution in [0.15, 0.2) is 67.0 Å². The smallest absolute Gasteiger partial charge is 0.251 e. The van der Waals surface area contributed by atoms with E-state index < -0.39 is 17.8 Å². The summed E-state index contributed by atoms with van der Waals surface area (Å²) in [6.45, 7) is 0.981. The van der Waals surface area contributed by atoms with Gasteiger partial charge in [0.25, 0.3) is 5.91 Å². The zero-order chi connectivity index (χ0) is 24.4. The van der Waals surface area contributed by atoms with Crippen LogP contribution in [-0.2, 0) is 4.79 Å². The Morgan fingerprint density at radius 2 is 1.94 bits per heavy atom. The number of carbonyl (C=O) groups excluding carboxylic acids is 2. The van der Waals surface area contributed by atoms with Crippen LogP contribution in [0.1, 0.15) is 34.8 Å². The molecule has 4 aromatic rings. The number of benzene rings is 2. The molecule has 0 saturated carbocycles. The van der Waals surface area contributed by atoms with Crippen LogP contribution in [-0.4, -0.2) is 51.0 Å². The summed E-state index contributed by atoms with van der Waals surface area (Å²) >= 11 is 0. The van der Waals surface area contributed by atoms with Gasteiger partial charge in [-0.1, -0.05) is 18.2 Å². The Kier molecular flexibility index (Phi) is 6.24. The molecule has 5 rings (SSSR count). The average Bonchev–Trinajstić information content (AvgIpc) is 3.29. The van der Waals surface area contributed by atoms with Gasteiger partial charge in [0.1, 0.15) is 17.6 Å². The van der Waals surface area contributed by atoms with Crippen molar-refractivity contribution in [2.75, 3.05) is 13.1 Å². The molecule has 0 radical (unpaired) electrons. The van der Waals surface area contributed by atoms with Crippen molar-refractivity contribution in [2.45, 2.75) is 24.9 Å². The molecule has 0 bridgehead atoms. The summed E-state index contributed by atoms with van der Waals surface area (Å²) < 4.78 is 14.4. The lowest BCUT2D eigenvalue weighted by molar-refractivity contribution is -0.124. The zero-order valence-corrected chi connectivity index (χ0v) is 18.9. The number of amides is 2. The maximum absolute atomic E-state index is 14.4. The number of aromatic amines is 1. The van der Waals surface area contributed by atoms with E-state index in [4.69, 9.17) is 5.73 Å². The molecule has 9 heteroatoms. The highest BCUT2D eigenvalue weighted by Crippen LogP contribution is 2.28. The predicted octanol–water partition coefficient (Wildman–Crippen LogP) is 3.18. The molecule has 1 aliphatic heterocycles. The number of likely N-dealkylation sites (tertiary alicyclic amines) is 1. The van der Waals surface area contributed by atoms with Crippen LogP contribution in [0, 0.1) is 5.82 Å². The number of H-pyrrole nitrogens is 1. The Bertz CT molecular complexity index is 1370. The van der Waals surface area contributed by atoms with Crippen LogP contribution in [0.4, 0.5) is 4.39 Å². The molecule has 1 fully saturated rings. The maximum Gasteiger partial charge on any atom is 0.251 e. The summed E-state index contributed by atoms with van der Waals surface area (Å²) in [5, 5.41) is 11.3. The summed E-state index contributed by atoms with van der Waals surface area (Å²) in [6, 6.07) is 14.2. The second kappa shape index (κ2) is 9.63. The average molecular weight is 473 g/mol. The molecule has 2 aromatic heterocycles. The zero-order valence-electron chi connectivity index (χ0n) is 18.9. The number of nitrogens with one attached hydrogen (secondary N) is 2. The van der Waals surface area contributed by atoms with Gasteiger partial charge in [-0.15, -0.1) is 0 Å². The van der Waals surface area contributed by atoms with E-state index in [2.05, 4.69) is 20.5 Å². The van der Waals surface area contributed by atoms with E-state index in [1.807, 2.05) is 29.2 Å². The summed E-state index contributed by atoms with van der Waals surface area (Å²) in [4.78, 5) is 31.3. The Balaban J connectivity index is 1.34. The fourth-order valence-electron chi connectivity index (χ4n) is 4.74. The standard InChI is InChI=1S/C26H25FN6O2/c27-21-6-2-1-5-19(21)24(25(28)34)33-13-3-4-18(15-33)30-26(35)17-7-8-22-20(14-17)23(32-31-22)16-9-11-29-12-10-16/h1-2,5-12,14,18,24H,3-4,13,15H2,(H2,28,34)(H,30,35)(H,31,32)/t18-,24?/m1/s1. The number of pyridine rings is 1. The first-order valence-corrected chi connectivity index (χ1v) is 11.5. The van der Waals surface area contributed by atoms with Crippen molar-refractivity contribution in [2.24, 2.45) is 5.73 Å². The fourth-order valence-corrected chi connectivity index (χ4v) is 4.74. The highest BCUT2D eigenvalue weighted by atomic mass is 19.1. The van der Waals surface area contributed by atoms with Crippen LogP contribution in [0.2, 0.25) is 0 Å². The molecule has 8 nitrogen and oxygen atoms in total. The molecular formula is C26H25FN6O2. The predicted molar refractivity (Wildman–Crippen MR) is 130 cm³/mol. The number of aromatic nitrogens is 3. The van der Waals surface area contributed by atoms with Gasteiger partial charge in [-0.3, -0.25) is 24.6 Å². The van der Waals surface area contributed by atoms with Gasteiger partial charge in [0, 0.05) is 47.1 Å². The molecule has 2 amide bonds. The van der Waals surface area contributed by atoms with Gasteiger partial charge in [-0.25, -0.2) is 4.39 Å². The first-order valence-electron chi connectivity index (χ1n) is 11.5. The van der Waals surface area contributed by atoms with Gasteiger partial charge in [0.05, 0.1) is 5.52 Å². The number of rotatable bonds is 6. The lowest BCUT2D eigenvalue weighted by atomic mass is 9.98. The lowest BCUT2D eigenvalue weighted by Gasteiger charge is -2.37. The number of fused-ring (bicyclic) bond motifs is 1. The number of piperidine rings is 1. The van der Waals surface area contributed by atoms with E-state index in [-0.39, 0.29) is 17.5 Å². The van der Waals surface area contributed by atoms with Crippen molar-refractivity contribution in [1.82, 2.24) is 25.4 Å². The molecule has 1 unspecified atom stereocenters. The summed E-state index contributed by atoms with van der Waals surface area (Å²) in [7, 11) is 0. The van der Waals surface area contributed by atoms with Gasteiger partial charge in [0.2, 0.25) is 5.91 Å². The van der Waals surface area contributed by atoms with Crippen molar-refractivity contribution < 1.29 is 14.0 Å². The van der Waals surface area contributed by atoms with Crippen molar-refractivity contribution in [1.29, 1.82) is 0 Å². The third-order valence-electron chi connectivity index (χ3n) is 6.40. The van der Waals surface area contributed by atoms with Gasteiger partial charge < -0.3 is 11.1 Å². The summed E-state index contributed by atoms with van der Waals surface area (Å²) in [5.74, 6) is -1.31. The third kappa shape index (κ3) is 4.63. The molecule has 0 spiro atoms. The molecule has 0 aliphatic carbocycles. The molecule has 178 valence electrons. The maximum atomic E-state index is 14.4. The van der Waals surface area contributed by atoms with Crippen molar-refractivity contribution in [3.05, 3.63) is 83.9 Å². The van der Waals surface area contributed by atoms with Crippen LogP contribution < -0.4 is 11.1 Å². The quantitative estimate of drug-likeness (QED) is 0.399. The Morgan fingerprint density at radius 3 is 2.71 bits per heavy atom. The third-order valence-corrected chi connectivity index (χ3v) is 6.40. The van der Waals surface area contributed by atoms with E-state index >= 15 is 0 Å². The number of primary amides is 1. The number of hydrogen-bond acceptors (Lipinski definition) is 5. The number of nitrogens with zero attached hydrogens (tertiary/aromatic N) is 3. The monoisotopic (exact) mass is 472 g/mol. The van der Waals surface area contributed by atoms with Crippen LogP contribution >= 0.6 is 0 Å². The number of hydrogen-bond donors (Lipinski definition) is 3.